The topological polar surface area (TPSA) is 120 Å². The van der Waals surface area contributed by atoms with E-state index < -0.39 is 0 Å². The summed E-state index contributed by atoms with van der Waals surface area (Å²) < 4.78 is 0. The second-order valence-electron chi connectivity index (χ2n) is 0.779. The van der Waals surface area contributed by atoms with Crippen molar-refractivity contribution in [1.82, 2.24) is 6.15 Å². The zero-order chi connectivity index (χ0) is 6.99. The van der Waals surface area contributed by atoms with Gasteiger partial charge in [-0.3, -0.25) is 0 Å². The Balaban J connectivity index is -0.000000109. The van der Waals surface area contributed by atoms with Crippen molar-refractivity contribution >= 4 is 5.84 Å². The molecule has 0 aromatic carbocycles. The molecule has 8 N–H and O–H groups in total. The van der Waals surface area contributed by atoms with Crippen LogP contribution in [0.15, 0.2) is 5.10 Å². The van der Waals surface area contributed by atoms with Gasteiger partial charge in [-0.25, -0.2) is 0 Å². The molecule has 0 atom stereocenters. The molecule has 5 nitrogen and oxygen atoms in total. The van der Waals surface area contributed by atoms with Gasteiger partial charge in [0.2, 0.25) is 0 Å². The Labute approximate surface area is 55.3 Å². The third-order valence-electron chi connectivity index (χ3n) is 0.328. The van der Waals surface area contributed by atoms with E-state index in [1.165, 1.54) is 0 Å². The van der Waals surface area contributed by atoms with Crippen molar-refractivity contribution in [3.05, 3.63) is 0 Å². The van der Waals surface area contributed by atoms with E-state index in [0.717, 1.165) is 0 Å². The molecule has 0 amide bonds. The molecule has 0 rings (SSSR count). The van der Waals surface area contributed by atoms with Gasteiger partial charge < -0.3 is 22.8 Å². The highest BCUT2D eigenvalue weighted by Gasteiger charge is 1.78. The van der Waals surface area contributed by atoms with Crippen molar-refractivity contribution in [2.24, 2.45) is 16.7 Å². The van der Waals surface area contributed by atoms with Gasteiger partial charge in [-0.15, -0.1) is 0 Å². The number of rotatable bonds is 1. The lowest BCUT2D eigenvalue weighted by Crippen LogP contribution is -2.17. The Hall–Kier alpha value is -0.810. The van der Waals surface area contributed by atoms with Crippen LogP contribution in [0.25, 0.3) is 0 Å². The second-order valence-corrected chi connectivity index (χ2v) is 0.779. The number of hydrazone groups is 1. The molecule has 0 fully saturated rings. The van der Waals surface area contributed by atoms with Crippen LogP contribution in [-0.4, -0.2) is 17.5 Å². The number of nitrogens with two attached hydrogens (primary N) is 2. The fourth-order valence-electron chi connectivity index (χ4n) is 0.0408. The van der Waals surface area contributed by atoms with E-state index in [-0.39, 0.29) is 18.6 Å². The molecule has 0 heterocycles. The van der Waals surface area contributed by atoms with Gasteiger partial charge in [-0.2, -0.15) is 5.10 Å². The van der Waals surface area contributed by atoms with Crippen LogP contribution in [0.1, 0.15) is 13.8 Å². The van der Waals surface area contributed by atoms with E-state index in [1.807, 2.05) is 13.8 Å². The largest absolute Gasteiger partial charge is 0.388 e. The Morgan fingerprint density at radius 3 is 1.89 bits per heavy atom. The van der Waals surface area contributed by atoms with E-state index in [4.69, 9.17) is 10.8 Å². The molecule has 0 saturated carbocycles. The monoisotopic (exact) mass is 136 g/mol. The van der Waals surface area contributed by atoms with Gasteiger partial charge in [-0.1, -0.05) is 13.8 Å². The van der Waals surface area contributed by atoms with Crippen LogP contribution in [-0.2, 0) is 0 Å². The third-order valence-corrected chi connectivity index (χ3v) is 0.328. The highest BCUT2D eigenvalue weighted by Crippen LogP contribution is 1.52. The van der Waals surface area contributed by atoms with Crippen LogP contribution < -0.4 is 17.7 Å². The number of amidine groups is 1. The van der Waals surface area contributed by atoms with Gasteiger partial charge in [0.15, 0.2) is 0 Å². The van der Waals surface area contributed by atoms with Crippen molar-refractivity contribution in [3.63, 3.8) is 0 Å². The van der Waals surface area contributed by atoms with E-state index in [1.54, 1.807) is 0 Å². The molecule has 0 aliphatic carbocycles. The first-order valence-corrected chi connectivity index (χ1v) is 2.44. The summed E-state index contributed by atoms with van der Waals surface area (Å²) in [6, 6.07) is 0. The molecule has 0 bridgehead atoms. The summed E-state index contributed by atoms with van der Waals surface area (Å²) in [4.78, 5) is 0. The minimum absolute atomic E-state index is 0. The summed E-state index contributed by atoms with van der Waals surface area (Å²) in [5.74, 6) is 4.64. The molecule has 9 heavy (non-hydrogen) atoms. The molecule has 0 spiro atoms. The lowest BCUT2D eigenvalue weighted by molar-refractivity contribution is 0.355. The van der Waals surface area contributed by atoms with Crippen LogP contribution in [0.5, 0.6) is 0 Å². The van der Waals surface area contributed by atoms with E-state index in [9.17, 15) is 0 Å². The summed E-state index contributed by atoms with van der Waals surface area (Å²) >= 11 is 0. The predicted octanol–water partition coefficient (Wildman–Crippen LogP) is -0.602. The normalized spacial score (nSPS) is 8.56. The lowest BCUT2D eigenvalue weighted by atomic mass is 10.7. The van der Waals surface area contributed by atoms with Crippen molar-refractivity contribution in [2.45, 2.75) is 13.8 Å². The summed E-state index contributed by atoms with van der Waals surface area (Å²) in [6.45, 7) is 3.73. The average Bonchev–Trinajstić information content (AvgIpc) is 1.91. The minimum atomic E-state index is -0.267. The first kappa shape index (κ1) is 15.7. The Morgan fingerprint density at radius 2 is 1.89 bits per heavy atom. The average molecular weight is 136 g/mol. The molecule has 58 valence electrons. The highest BCUT2D eigenvalue weighted by molar-refractivity contribution is 5.80. The smallest absolute Gasteiger partial charge is 0.145 e. The van der Waals surface area contributed by atoms with Gasteiger partial charge in [0.05, 0.1) is 0 Å². The van der Waals surface area contributed by atoms with Crippen LogP contribution in [0, 0.1) is 0 Å². The van der Waals surface area contributed by atoms with Crippen LogP contribution in [0.3, 0.4) is 0 Å². The maximum absolute atomic E-state index is 8.00. The fourth-order valence-corrected chi connectivity index (χ4v) is 0.0408. The molecule has 0 aromatic heterocycles. The molecule has 0 aromatic rings. The Kier molecular flexibility index (Phi) is 27.4. The Morgan fingerprint density at radius 1 is 1.56 bits per heavy atom. The van der Waals surface area contributed by atoms with Gasteiger partial charge in [0.25, 0.3) is 0 Å². The summed E-state index contributed by atoms with van der Waals surface area (Å²) in [5, 5.41) is 11.0. The van der Waals surface area contributed by atoms with E-state index in [2.05, 4.69) is 10.9 Å². The molecular weight excluding hydrogens is 120 g/mol. The molecule has 0 unspecified atom stereocenters. The maximum Gasteiger partial charge on any atom is 0.145 e. The van der Waals surface area contributed by atoms with Crippen molar-refractivity contribution in [3.8, 4) is 0 Å². The molecular formula is C4H16N4O. The standard InChI is InChI=1S/C2H7N3O.C2H6.H3N/c3-2(1-6)5-4;1-2;/h6H,1,4H2,(H2,3,5);1-2H3;1H3. The zero-order valence-electron chi connectivity index (χ0n) is 5.96. The van der Waals surface area contributed by atoms with E-state index in [0.29, 0.717) is 0 Å². The van der Waals surface area contributed by atoms with Crippen molar-refractivity contribution in [1.29, 1.82) is 0 Å². The van der Waals surface area contributed by atoms with Gasteiger partial charge in [0, 0.05) is 0 Å². The van der Waals surface area contributed by atoms with Crippen molar-refractivity contribution in [2.75, 3.05) is 6.61 Å². The Bertz CT molecular complexity index is 63.6. The molecule has 5 heteroatoms. The molecule has 0 aliphatic heterocycles. The van der Waals surface area contributed by atoms with Crippen molar-refractivity contribution < 1.29 is 5.11 Å². The molecule has 0 saturated heterocycles. The summed E-state index contributed by atoms with van der Waals surface area (Å²) in [7, 11) is 0. The van der Waals surface area contributed by atoms with Gasteiger partial charge >= 0.3 is 0 Å². The SMILES string of the molecule is CC.N.N/N=C(\N)CO. The highest BCUT2D eigenvalue weighted by atomic mass is 16.3. The first-order valence-electron chi connectivity index (χ1n) is 2.44. The van der Waals surface area contributed by atoms with Crippen LogP contribution in [0.4, 0.5) is 0 Å². The van der Waals surface area contributed by atoms with Crippen LogP contribution in [0.2, 0.25) is 0 Å². The summed E-state index contributed by atoms with van der Waals surface area (Å²) in [5.41, 5.74) is 4.85. The number of hydrogen-bond acceptors (Lipinski definition) is 4. The van der Waals surface area contributed by atoms with Gasteiger partial charge in [-0.05, 0) is 0 Å². The number of aliphatic hydroxyl groups excluding tert-OH is 1. The quantitative estimate of drug-likeness (QED) is 0.166. The van der Waals surface area contributed by atoms with Crippen LogP contribution >= 0.6 is 0 Å². The molecule has 0 aliphatic rings. The lowest BCUT2D eigenvalue weighted by Gasteiger charge is -1.84. The predicted molar refractivity (Wildman–Crippen MR) is 39.3 cm³/mol. The maximum atomic E-state index is 8.00. The van der Waals surface area contributed by atoms with E-state index >= 15 is 0 Å². The molecule has 0 radical (unpaired) electrons. The zero-order valence-corrected chi connectivity index (χ0v) is 5.96. The number of hydrogen-bond donors (Lipinski definition) is 4. The summed E-state index contributed by atoms with van der Waals surface area (Å²) in [6.07, 6.45) is 0. The third kappa shape index (κ3) is 19.0. The fraction of sp³-hybridized carbons (Fsp3) is 0.750. The first-order chi connectivity index (χ1) is 3.81. The number of aliphatic hydroxyl groups is 1. The second kappa shape index (κ2) is 15.7. The minimum Gasteiger partial charge on any atom is -0.388 e. The number of nitrogens with zero attached hydrogens (tertiary/aromatic N) is 1. The van der Waals surface area contributed by atoms with Gasteiger partial charge in [0.1, 0.15) is 12.4 Å².